The number of nitrogens with one attached hydrogen (secondary N) is 2. The first kappa shape index (κ1) is 23.7. The Kier molecular flexibility index (Phi) is 8.22. The molecular formula is C25H32FN3O3. The van der Waals surface area contributed by atoms with Gasteiger partial charge in [0, 0.05) is 17.7 Å². The summed E-state index contributed by atoms with van der Waals surface area (Å²) in [4.78, 5) is 28.0. The van der Waals surface area contributed by atoms with E-state index in [1.165, 1.54) is 24.3 Å². The topological polar surface area (TPSA) is 70.7 Å². The summed E-state index contributed by atoms with van der Waals surface area (Å²) in [5, 5.41) is 5.84. The highest BCUT2D eigenvalue weighted by Crippen LogP contribution is 2.31. The molecule has 2 aromatic carbocycles. The summed E-state index contributed by atoms with van der Waals surface area (Å²) in [7, 11) is 1.65. The Balaban J connectivity index is 1.71. The number of benzene rings is 2. The lowest BCUT2D eigenvalue weighted by Crippen LogP contribution is -2.51. The molecule has 1 aliphatic rings. The predicted octanol–water partition coefficient (Wildman–Crippen LogP) is 3.54. The highest BCUT2D eigenvalue weighted by Gasteiger charge is 2.29. The number of carbonyl (C=O) groups excluding carboxylic acids is 2. The quantitative estimate of drug-likeness (QED) is 0.625. The Morgan fingerprint density at radius 2 is 1.72 bits per heavy atom. The van der Waals surface area contributed by atoms with Gasteiger partial charge in [0.25, 0.3) is 5.91 Å². The zero-order valence-electron chi connectivity index (χ0n) is 18.9. The Labute approximate surface area is 189 Å². The summed E-state index contributed by atoms with van der Waals surface area (Å²) in [5.41, 5.74) is 1.35. The van der Waals surface area contributed by atoms with Gasteiger partial charge in [0.2, 0.25) is 5.91 Å². The van der Waals surface area contributed by atoms with E-state index in [0.717, 1.165) is 37.2 Å². The lowest BCUT2D eigenvalue weighted by molar-refractivity contribution is -0.124. The van der Waals surface area contributed by atoms with E-state index in [1.807, 2.05) is 38.1 Å². The second-order valence-corrected chi connectivity index (χ2v) is 8.45. The zero-order valence-corrected chi connectivity index (χ0v) is 18.9. The van der Waals surface area contributed by atoms with E-state index in [2.05, 4.69) is 15.5 Å². The first-order chi connectivity index (χ1) is 15.4. The molecule has 1 heterocycles. The second kappa shape index (κ2) is 11.1. The van der Waals surface area contributed by atoms with Gasteiger partial charge in [-0.05, 0) is 62.2 Å². The normalized spacial score (nSPS) is 15.9. The first-order valence-corrected chi connectivity index (χ1v) is 11.1. The average molecular weight is 442 g/mol. The molecule has 6 nitrogen and oxygen atoms in total. The maximum absolute atomic E-state index is 13.2. The predicted molar refractivity (Wildman–Crippen MR) is 122 cm³/mol. The molecule has 1 fully saturated rings. The van der Waals surface area contributed by atoms with Gasteiger partial charge in [-0.3, -0.25) is 14.5 Å². The van der Waals surface area contributed by atoms with E-state index in [1.54, 1.807) is 7.11 Å². The third kappa shape index (κ3) is 5.85. The monoisotopic (exact) mass is 441 g/mol. The van der Waals surface area contributed by atoms with Crippen LogP contribution in [-0.2, 0) is 4.79 Å². The minimum atomic E-state index is -0.704. The first-order valence-electron chi connectivity index (χ1n) is 11.1. The van der Waals surface area contributed by atoms with Crippen LogP contribution < -0.4 is 15.4 Å². The number of carbonyl (C=O) groups is 2. The lowest BCUT2D eigenvalue weighted by atomic mass is 10.0. The van der Waals surface area contributed by atoms with Crippen molar-refractivity contribution in [2.24, 2.45) is 5.92 Å². The number of nitrogens with zero attached hydrogens (tertiary/aromatic N) is 1. The molecule has 2 N–H and O–H groups in total. The van der Waals surface area contributed by atoms with Gasteiger partial charge in [-0.1, -0.05) is 32.0 Å². The van der Waals surface area contributed by atoms with Gasteiger partial charge in [-0.2, -0.15) is 0 Å². The second-order valence-electron chi connectivity index (χ2n) is 8.45. The van der Waals surface area contributed by atoms with Crippen LogP contribution in [0.5, 0.6) is 5.75 Å². The molecular weight excluding hydrogens is 409 g/mol. The van der Waals surface area contributed by atoms with Crippen molar-refractivity contribution in [2.75, 3.05) is 26.7 Å². The molecule has 0 radical (unpaired) electrons. The van der Waals surface area contributed by atoms with Crippen molar-refractivity contribution in [3.05, 3.63) is 65.5 Å². The number of para-hydroxylation sites is 1. The Morgan fingerprint density at radius 1 is 1.06 bits per heavy atom. The van der Waals surface area contributed by atoms with Crippen molar-refractivity contribution < 1.29 is 18.7 Å². The van der Waals surface area contributed by atoms with Crippen molar-refractivity contribution in [3.63, 3.8) is 0 Å². The summed E-state index contributed by atoms with van der Waals surface area (Å²) < 4.78 is 18.7. The fraction of sp³-hybridized carbons (Fsp3) is 0.440. The van der Waals surface area contributed by atoms with E-state index >= 15 is 0 Å². The molecule has 0 saturated carbocycles. The van der Waals surface area contributed by atoms with Crippen LogP contribution in [0.4, 0.5) is 4.39 Å². The third-order valence-electron chi connectivity index (χ3n) is 5.89. The highest BCUT2D eigenvalue weighted by molar-refractivity contribution is 5.97. The van der Waals surface area contributed by atoms with Crippen LogP contribution in [0.25, 0.3) is 0 Å². The molecule has 2 amide bonds. The summed E-state index contributed by atoms with van der Waals surface area (Å²) >= 11 is 0. The molecule has 2 atom stereocenters. The Morgan fingerprint density at radius 3 is 2.34 bits per heavy atom. The number of likely N-dealkylation sites (tertiary alicyclic amines) is 1. The molecule has 1 aliphatic heterocycles. The third-order valence-corrected chi connectivity index (χ3v) is 5.89. The number of halogens is 1. The van der Waals surface area contributed by atoms with Crippen molar-refractivity contribution in [1.82, 2.24) is 15.5 Å². The molecule has 0 aliphatic carbocycles. The fourth-order valence-corrected chi connectivity index (χ4v) is 4.10. The van der Waals surface area contributed by atoms with Crippen molar-refractivity contribution in [2.45, 2.75) is 38.8 Å². The van der Waals surface area contributed by atoms with Gasteiger partial charge in [0.05, 0.1) is 13.2 Å². The Hall–Kier alpha value is -2.93. The Bertz CT molecular complexity index is 911. The fourth-order valence-electron chi connectivity index (χ4n) is 4.10. The number of methoxy groups -OCH3 is 1. The van der Waals surface area contributed by atoms with E-state index in [9.17, 15) is 14.0 Å². The number of hydrogen-bond acceptors (Lipinski definition) is 4. The molecule has 1 saturated heterocycles. The van der Waals surface area contributed by atoms with E-state index < -0.39 is 17.8 Å². The largest absolute Gasteiger partial charge is 0.496 e. The van der Waals surface area contributed by atoms with Crippen LogP contribution in [0.15, 0.2) is 48.5 Å². The van der Waals surface area contributed by atoms with E-state index in [0.29, 0.717) is 12.1 Å². The standard InChI is InChI=1S/C25H32FN3O3/c1-17(2)23(28-24(30)18-10-12-19(26)13-11-18)25(31)27-16-21(29-14-6-7-15-29)20-8-4-5-9-22(20)32-3/h4-5,8-13,17,21,23H,6-7,14-16H2,1-3H3,(H,27,31)(H,28,30). The number of hydrogen-bond donors (Lipinski definition) is 2. The van der Waals surface area contributed by atoms with Crippen LogP contribution >= 0.6 is 0 Å². The minimum absolute atomic E-state index is 0.0155. The van der Waals surface area contributed by atoms with Crippen molar-refractivity contribution in [1.29, 1.82) is 0 Å². The zero-order chi connectivity index (χ0) is 23.1. The SMILES string of the molecule is COc1ccccc1C(CNC(=O)C(NC(=O)c1ccc(F)cc1)C(C)C)N1CCCC1. The summed E-state index contributed by atoms with van der Waals surface area (Å²) in [6, 6.07) is 12.4. The van der Waals surface area contributed by atoms with Gasteiger partial charge in [-0.15, -0.1) is 0 Å². The van der Waals surface area contributed by atoms with Crippen LogP contribution in [0.2, 0.25) is 0 Å². The smallest absolute Gasteiger partial charge is 0.251 e. The molecule has 2 aromatic rings. The highest BCUT2D eigenvalue weighted by atomic mass is 19.1. The summed E-state index contributed by atoms with van der Waals surface area (Å²) in [5.74, 6) is -0.377. The van der Waals surface area contributed by atoms with Gasteiger partial charge < -0.3 is 15.4 Å². The van der Waals surface area contributed by atoms with Crippen LogP contribution in [-0.4, -0.2) is 49.5 Å². The number of rotatable bonds is 9. The van der Waals surface area contributed by atoms with E-state index in [-0.39, 0.29) is 17.9 Å². The maximum Gasteiger partial charge on any atom is 0.251 e. The van der Waals surface area contributed by atoms with Gasteiger partial charge >= 0.3 is 0 Å². The van der Waals surface area contributed by atoms with Crippen LogP contribution in [0, 0.1) is 11.7 Å². The molecule has 0 aromatic heterocycles. The molecule has 0 spiro atoms. The van der Waals surface area contributed by atoms with Crippen LogP contribution in [0.1, 0.15) is 48.7 Å². The molecule has 7 heteroatoms. The van der Waals surface area contributed by atoms with Gasteiger partial charge in [0.1, 0.15) is 17.6 Å². The molecule has 2 unspecified atom stereocenters. The average Bonchev–Trinajstić information content (AvgIpc) is 3.32. The molecule has 32 heavy (non-hydrogen) atoms. The lowest BCUT2D eigenvalue weighted by Gasteiger charge is -2.30. The van der Waals surface area contributed by atoms with Crippen molar-refractivity contribution >= 4 is 11.8 Å². The summed E-state index contributed by atoms with van der Waals surface area (Å²) in [6.45, 7) is 6.11. The van der Waals surface area contributed by atoms with E-state index in [4.69, 9.17) is 4.74 Å². The molecule has 0 bridgehead atoms. The van der Waals surface area contributed by atoms with Gasteiger partial charge in [-0.25, -0.2) is 4.39 Å². The number of ether oxygens (including phenoxy) is 1. The van der Waals surface area contributed by atoms with Gasteiger partial charge in [0.15, 0.2) is 0 Å². The summed E-state index contributed by atoms with van der Waals surface area (Å²) in [6.07, 6.45) is 2.25. The van der Waals surface area contributed by atoms with Crippen molar-refractivity contribution in [3.8, 4) is 5.75 Å². The minimum Gasteiger partial charge on any atom is -0.496 e. The molecule has 3 rings (SSSR count). The maximum atomic E-state index is 13.2. The molecule has 172 valence electrons. The number of amides is 2. The van der Waals surface area contributed by atoms with Crippen LogP contribution in [0.3, 0.4) is 0 Å².